The van der Waals surface area contributed by atoms with Crippen molar-refractivity contribution in [3.8, 4) is 0 Å². The van der Waals surface area contributed by atoms with Gasteiger partial charge < -0.3 is 9.47 Å². The standard InChI is InChI=1S/C32H56O2/c1-5-7-9-11-13-15-17-19-21-23-27-33-31-25-26-32(30(4)29(31)3)34-28-24-22-20-18-16-14-12-10-8-6-2/h5-24,27-28H2,1-4H3. The van der Waals surface area contributed by atoms with Gasteiger partial charge in [0.15, 0.2) is 11.5 Å². The lowest BCUT2D eigenvalue weighted by Crippen LogP contribution is -2.04. The lowest BCUT2D eigenvalue weighted by Gasteiger charge is -2.16. The third-order valence-electron chi connectivity index (χ3n) is 7.02. The maximum absolute atomic E-state index is 6.01. The lowest BCUT2D eigenvalue weighted by molar-refractivity contribution is 0.202. The normalized spacial score (nSPS) is 13.3. The minimum atomic E-state index is 0.778. The zero-order valence-electron chi connectivity index (χ0n) is 23.4. The van der Waals surface area contributed by atoms with Crippen molar-refractivity contribution in [3.63, 3.8) is 0 Å². The first kappa shape index (κ1) is 30.7. The van der Waals surface area contributed by atoms with Crippen LogP contribution >= 0.6 is 0 Å². The van der Waals surface area contributed by atoms with Crippen molar-refractivity contribution in [1.82, 2.24) is 0 Å². The molecule has 0 bridgehead atoms. The number of ether oxygens (including phenoxy) is 2. The summed E-state index contributed by atoms with van der Waals surface area (Å²) in [6, 6.07) is 0. The topological polar surface area (TPSA) is 18.5 Å². The molecule has 0 aliphatic heterocycles. The average Bonchev–Trinajstić information content (AvgIpc) is 2.84. The second-order valence-corrected chi connectivity index (χ2v) is 10.2. The number of rotatable bonds is 24. The fourth-order valence-corrected chi connectivity index (χ4v) is 4.46. The molecule has 0 amide bonds. The van der Waals surface area contributed by atoms with E-state index in [1.807, 2.05) is 0 Å². The van der Waals surface area contributed by atoms with Crippen LogP contribution in [-0.2, 0) is 9.47 Å². The second kappa shape index (κ2) is 22.1. The first-order valence-corrected chi connectivity index (χ1v) is 14.9. The molecule has 0 atom stereocenters. The van der Waals surface area contributed by atoms with E-state index in [4.69, 9.17) is 9.47 Å². The van der Waals surface area contributed by atoms with Gasteiger partial charge in [-0.1, -0.05) is 129 Å². The molecule has 34 heavy (non-hydrogen) atoms. The van der Waals surface area contributed by atoms with Gasteiger partial charge >= 0.3 is 0 Å². The van der Waals surface area contributed by atoms with Crippen LogP contribution in [-0.4, -0.2) is 13.2 Å². The van der Waals surface area contributed by atoms with E-state index >= 15 is 0 Å². The summed E-state index contributed by atoms with van der Waals surface area (Å²) < 4.78 is 12.0. The molecule has 0 heterocycles. The molecule has 0 saturated heterocycles. The Bertz CT molecular complexity index is 575. The summed E-state index contributed by atoms with van der Waals surface area (Å²) in [5.41, 5.74) is 8.68. The highest BCUT2D eigenvalue weighted by molar-refractivity contribution is 5.40. The summed E-state index contributed by atoms with van der Waals surface area (Å²) in [5, 5.41) is 0. The third-order valence-corrected chi connectivity index (χ3v) is 7.02. The van der Waals surface area contributed by atoms with E-state index in [1.54, 1.807) is 0 Å². The van der Waals surface area contributed by atoms with E-state index in [0.29, 0.717) is 0 Å². The monoisotopic (exact) mass is 472 g/mol. The van der Waals surface area contributed by atoms with Gasteiger partial charge in [-0.25, -0.2) is 0 Å². The zero-order chi connectivity index (χ0) is 24.7. The smallest absolute Gasteiger partial charge is 0.173 e. The summed E-state index contributed by atoms with van der Waals surface area (Å²) in [6.07, 6.45) is 26.9. The largest absolute Gasteiger partial charge is 0.485 e. The van der Waals surface area contributed by atoms with Crippen molar-refractivity contribution in [2.24, 2.45) is 0 Å². The van der Waals surface area contributed by atoms with Crippen LogP contribution < -0.4 is 0 Å². The van der Waals surface area contributed by atoms with E-state index in [1.165, 1.54) is 116 Å². The fraction of sp³-hybridized carbons (Fsp3) is 0.812. The average molecular weight is 473 g/mol. The highest BCUT2D eigenvalue weighted by Gasteiger charge is 2.13. The number of hydrogen-bond acceptors (Lipinski definition) is 2. The first-order chi connectivity index (χ1) is 16.7. The van der Waals surface area contributed by atoms with Crippen molar-refractivity contribution in [2.45, 2.75) is 156 Å². The highest BCUT2D eigenvalue weighted by Crippen LogP contribution is 2.24. The predicted octanol–water partition coefficient (Wildman–Crippen LogP) is 10.7. The zero-order valence-corrected chi connectivity index (χ0v) is 23.4. The molecule has 0 aromatic carbocycles. The van der Waals surface area contributed by atoms with Crippen LogP contribution in [0.4, 0.5) is 0 Å². The Hall–Kier alpha value is -1.36. The molecular weight excluding hydrogens is 416 g/mol. The Morgan fingerprint density at radius 1 is 0.412 bits per heavy atom. The molecule has 2 heteroatoms. The highest BCUT2D eigenvalue weighted by atomic mass is 16.5. The molecule has 1 rings (SSSR count). The van der Waals surface area contributed by atoms with Gasteiger partial charge in [-0.15, -0.1) is 0 Å². The Kier molecular flexibility index (Phi) is 20.0. The molecule has 0 radical (unpaired) electrons. The van der Waals surface area contributed by atoms with Crippen molar-refractivity contribution in [2.75, 3.05) is 13.2 Å². The summed E-state index contributed by atoms with van der Waals surface area (Å²) in [4.78, 5) is 0. The van der Waals surface area contributed by atoms with Crippen LogP contribution in [0.3, 0.4) is 0 Å². The van der Waals surface area contributed by atoms with E-state index in [-0.39, 0.29) is 0 Å². The van der Waals surface area contributed by atoms with Crippen LogP contribution in [0.1, 0.15) is 156 Å². The number of unbranched alkanes of at least 4 members (excludes halogenated alkanes) is 18. The van der Waals surface area contributed by atoms with Crippen molar-refractivity contribution in [3.05, 3.63) is 34.1 Å². The Balaban J connectivity index is 2.11. The summed E-state index contributed by atoms with van der Waals surface area (Å²) in [6.45, 7) is 10.3. The Labute approximate surface area is 213 Å². The van der Waals surface area contributed by atoms with Crippen molar-refractivity contribution < 1.29 is 9.47 Å². The van der Waals surface area contributed by atoms with Crippen LogP contribution in [0.5, 0.6) is 0 Å². The van der Waals surface area contributed by atoms with Gasteiger partial charge in [0.25, 0.3) is 0 Å². The summed E-state index contributed by atoms with van der Waals surface area (Å²) >= 11 is 0. The third kappa shape index (κ3) is 15.5. The molecule has 0 spiro atoms. The maximum Gasteiger partial charge on any atom is 0.173 e. The van der Waals surface area contributed by atoms with E-state index in [9.17, 15) is 0 Å². The van der Waals surface area contributed by atoms with Gasteiger partial charge in [-0.05, 0) is 38.2 Å². The van der Waals surface area contributed by atoms with Gasteiger partial charge in [0.05, 0.1) is 13.2 Å². The van der Waals surface area contributed by atoms with Crippen molar-refractivity contribution >= 4 is 0 Å². The molecule has 0 N–H and O–H groups in total. The van der Waals surface area contributed by atoms with E-state index < -0.39 is 0 Å². The van der Waals surface area contributed by atoms with Crippen LogP contribution in [0.15, 0.2) is 34.1 Å². The minimum absolute atomic E-state index is 0.778. The van der Waals surface area contributed by atoms with Gasteiger partial charge in [0.1, 0.15) is 0 Å². The van der Waals surface area contributed by atoms with Crippen LogP contribution in [0, 0.1) is 0 Å². The summed E-state index contributed by atoms with van der Waals surface area (Å²) in [5.74, 6) is 1.69. The minimum Gasteiger partial charge on any atom is -0.485 e. The fourth-order valence-electron chi connectivity index (χ4n) is 4.46. The molecule has 0 fully saturated rings. The Morgan fingerprint density at radius 2 is 0.676 bits per heavy atom. The van der Waals surface area contributed by atoms with Crippen LogP contribution in [0.25, 0.3) is 0 Å². The van der Waals surface area contributed by atoms with E-state index in [0.717, 1.165) is 48.7 Å². The number of hydrogen-bond donors (Lipinski definition) is 0. The van der Waals surface area contributed by atoms with Gasteiger partial charge in [0.2, 0.25) is 0 Å². The molecule has 196 valence electrons. The molecule has 0 unspecified atom stereocenters. The summed E-state index contributed by atoms with van der Waals surface area (Å²) in [7, 11) is 0. The predicted molar refractivity (Wildman–Crippen MR) is 148 cm³/mol. The molecule has 0 aromatic rings. The molecule has 1 aliphatic carbocycles. The van der Waals surface area contributed by atoms with Crippen molar-refractivity contribution in [1.29, 1.82) is 0 Å². The van der Waals surface area contributed by atoms with Crippen LogP contribution in [0.2, 0.25) is 0 Å². The van der Waals surface area contributed by atoms with Gasteiger partial charge in [-0.3, -0.25) is 0 Å². The molecule has 0 aromatic heterocycles. The quantitative estimate of drug-likeness (QED) is 0.103. The first-order valence-electron chi connectivity index (χ1n) is 14.9. The van der Waals surface area contributed by atoms with Gasteiger partial charge in [-0.2, -0.15) is 0 Å². The maximum atomic E-state index is 6.01. The SMILES string of the molecule is CCCCCCCCCCCCOC1=C=C=C(OCCCCCCCCCCCC)C(C)=C1C. The second-order valence-electron chi connectivity index (χ2n) is 10.2. The van der Waals surface area contributed by atoms with Gasteiger partial charge in [0, 0.05) is 11.1 Å². The molecular formula is C32H56O2. The molecule has 2 nitrogen and oxygen atoms in total. The Morgan fingerprint density at radius 3 is 0.971 bits per heavy atom. The lowest BCUT2D eigenvalue weighted by atomic mass is 10.1. The number of allylic oxidation sites excluding steroid dienone is 2. The molecule has 0 saturated carbocycles. The van der Waals surface area contributed by atoms with E-state index in [2.05, 4.69) is 39.2 Å². The molecule has 1 aliphatic rings.